The molecule has 2 N–H and O–H groups in total. The van der Waals surface area contributed by atoms with Crippen LogP contribution in [-0.2, 0) is 27.3 Å². The topological polar surface area (TPSA) is 90.3 Å². The highest BCUT2D eigenvalue weighted by atomic mass is 28.4. The minimum Gasteiger partial charge on any atom is -0.432 e. The minimum absolute atomic E-state index is 0.0445. The Morgan fingerprint density at radius 1 is 1.08 bits per heavy atom. The molecule has 4 rings (SSSR count). The van der Waals surface area contributed by atoms with E-state index in [-0.39, 0.29) is 55.1 Å². The number of benzene rings is 2. The van der Waals surface area contributed by atoms with Gasteiger partial charge < -0.3 is 24.4 Å². The molecule has 2 fully saturated rings. The summed E-state index contributed by atoms with van der Waals surface area (Å²) >= 11 is 0. The molecule has 0 unspecified atom stereocenters. The fraction of sp³-hybridized carbons (Fsp3) is 0.533. The molecule has 2 aromatic rings. The maximum absolute atomic E-state index is 13.4. The number of rotatable bonds is 11. The van der Waals surface area contributed by atoms with E-state index in [1.807, 2.05) is 60.5 Å². The second-order valence-corrected chi connectivity index (χ2v) is 15.3. The van der Waals surface area contributed by atoms with E-state index in [2.05, 4.69) is 19.1 Å². The lowest BCUT2D eigenvalue weighted by Crippen LogP contribution is -2.42. The van der Waals surface area contributed by atoms with Crippen LogP contribution in [0.15, 0.2) is 54.6 Å². The van der Waals surface area contributed by atoms with Crippen LogP contribution in [0.25, 0.3) is 0 Å². The Hall–Kier alpha value is -2.52. The Morgan fingerprint density at radius 3 is 2.39 bits per heavy atom. The van der Waals surface area contributed by atoms with Crippen LogP contribution in [0.2, 0.25) is 18.6 Å². The fourth-order valence-electron chi connectivity index (χ4n) is 6.20. The van der Waals surface area contributed by atoms with E-state index in [0.29, 0.717) is 13.0 Å². The lowest BCUT2D eigenvalue weighted by Gasteiger charge is -2.31. The summed E-state index contributed by atoms with van der Waals surface area (Å²) in [5.74, 6) is 0.270. The second-order valence-electron chi connectivity index (χ2n) is 11.3. The molecule has 0 aromatic heterocycles. The Balaban J connectivity index is 1.39. The first-order valence-electron chi connectivity index (χ1n) is 13.9. The minimum atomic E-state index is -2.61. The average Bonchev–Trinajstić information content (AvgIpc) is 3.45. The zero-order valence-electron chi connectivity index (χ0n) is 22.9. The van der Waals surface area contributed by atoms with Crippen molar-refractivity contribution >= 4 is 25.8 Å². The standard InChI is InChI=1S/C30H42N2O5Si/c1-22-26(16-13-23-11-14-25(15-12-23)32-17-7-10-28(32)34)37-27(30(22)38(2,3)36)20-29(35)31(18-19-33)21-24-8-5-4-6-9-24/h4-6,8-9,11-12,14-15,22,26-27,30,33,36H,7,10,13,16-21H2,1-3H3/t22-,26+,27-,30+/m1/s1. The smallest absolute Gasteiger partial charge is 0.227 e. The highest BCUT2D eigenvalue weighted by Crippen LogP contribution is 2.45. The normalized spacial score (nSPS) is 23.7. The third kappa shape index (κ3) is 6.91. The van der Waals surface area contributed by atoms with Crippen LogP contribution >= 0.6 is 0 Å². The van der Waals surface area contributed by atoms with Crippen molar-refractivity contribution in [2.45, 2.75) is 76.4 Å². The van der Waals surface area contributed by atoms with Crippen LogP contribution < -0.4 is 4.90 Å². The predicted molar refractivity (Wildman–Crippen MR) is 151 cm³/mol. The summed E-state index contributed by atoms with van der Waals surface area (Å²) in [7, 11) is -2.61. The van der Waals surface area contributed by atoms with Gasteiger partial charge in [0.05, 0.1) is 25.2 Å². The SMILES string of the molecule is C[C@H]1[C@H]([Si](C)(C)O)[C@@H](CC(=O)N(CCO)Cc2ccccc2)O[C@H]1CCc1ccc(N2CCCC2=O)cc1. The highest BCUT2D eigenvalue weighted by molar-refractivity contribution is 6.71. The van der Waals surface area contributed by atoms with Crippen LogP contribution in [0.4, 0.5) is 5.69 Å². The van der Waals surface area contributed by atoms with Gasteiger partial charge in [-0.3, -0.25) is 9.59 Å². The van der Waals surface area contributed by atoms with Gasteiger partial charge in [0.2, 0.25) is 11.8 Å². The van der Waals surface area contributed by atoms with Crippen LogP contribution in [-0.4, -0.2) is 66.8 Å². The third-order valence-electron chi connectivity index (χ3n) is 8.07. The monoisotopic (exact) mass is 538 g/mol. The highest BCUT2D eigenvalue weighted by Gasteiger charge is 2.50. The van der Waals surface area contributed by atoms with Gasteiger partial charge in [-0.15, -0.1) is 0 Å². The van der Waals surface area contributed by atoms with Crippen molar-refractivity contribution in [3.63, 3.8) is 0 Å². The van der Waals surface area contributed by atoms with Crippen molar-refractivity contribution in [3.05, 3.63) is 65.7 Å². The van der Waals surface area contributed by atoms with Crippen molar-refractivity contribution in [3.8, 4) is 0 Å². The summed E-state index contributed by atoms with van der Waals surface area (Å²) in [5.41, 5.74) is 3.11. The van der Waals surface area contributed by atoms with Gasteiger partial charge in [0.1, 0.15) is 0 Å². The molecule has 7 nitrogen and oxygen atoms in total. The number of anilines is 1. The molecule has 2 saturated heterocycles. The van der Waals surface area contributed by atoms with Gasteiger partial charge in [0, 0.05) is 37.3 Å². The fourth-order valence-corrected chi connectivity index (χ4v) is 8.81. The zero-order valence-corrected chi connectivity index (χ0v) is 23.9. The Morgan fingerprint density at radius 2 is 1.79 bits per heavy atom. The number of aryl methyl sites for hydroxylation is 1. The van der Waals surface area contributed by atoms with Gasteiger partial charge in [-0.25, -0.2) is 0 Å². The van der Waals surface area contributed by atoms with Crippen molar-refractivity contribution < 1.29 is 24.2 Å². The number of nitrogens with zero attached hydrogens (tertiary/aromatic N) is 2. The summed E-state index contributed by atoms with van der Waals surface area (Å²) in [6.45, 7) is 7.41. The van der Waals surface area contributed by atoms with E-state index in [1.54, 1.807) is 4.90 Å². The summed E-state index contributed by atoms with van der Waals surface area (Å²) < 4.78 is 6.51. The van der Waals surface area contributed by atoms with Crippen molar-refractivity contribution in [2.75, 3.05) is 24.6 Å². The van der Waals surface area contributed by atoms with Gasteiger partial charge >= 0.3 is 0 Å². The summed E-state index contributed by atoms with van der Waals surface area (Å²) in [6, 6.07) is 18.0. The zero-order chi connectivity index (χ0) is 27.3. The van der Waals surface area contributed by atoms with Gasteiger partial charge in [0.15, 0.2) is 8.32 Å². The molecule has 0 saturated carbocycles. The van der Waals surface area contributed by atoms with Crippen molar-refractivity contribution in [1.82, 2.24) is 4.90 Å². The largest absolute Gasteiger partial charge is 0.432 e. The molecule has 2 heterocycles. The summed E-state index contributed by atoms with van der Waals surface area (Å²) in [6.07, 6.45) is 2.99. The van der Waals surface area contributed by atoms with Crippen LogP contribution in [0.3, 0.4) is 0 Å². The summed E-state index contributed by atoms with van der Waals surface area (Å²) in [5, 5.41) is 9.58. The Kier molecular flexibility index (Phi) is 9.41. The maximum Gasteiger partial charge on any atom is 0.227 e. The first-order valence-corrected chi connectivity index (χ1v) is 16.9. The Bertz CT molecular complexity index is 1070. The molecule has 2 aromatic carbocycles. The van der Waals surface area contributed by atoms with E-state index < -0.39 is 8.32 Å². The lowest BCUT2D eigenvalue weighted by molar-refractivity contribution is -0.135. The predicted octanol–water partition coefficient (Wildman–Crippen LogP) is 4.13. The average molecular weight is 539 g/mol. The molecule has 4 atom stereocenters. The molecule has 8 heteroatoms. The number of hydrogen-bond acceptors (Lipinski definition) is 5. The van der Waals surface area contributed by atoms with Crippen molar-refractivity contribution in [1.29, 1.82) is 0 Å². The second kappa shape index (κ2) is 12.6. The third-order valence-corrected chi connectivity index (χ3v) is 10.6. The molecular formula is C30H42N2O5Si. The summed E-state index contributed by atoms with van der Waals surface area (Å²) in [4.78, 5) is 40.1. The molecule has 2 aliphatic rings. The molecule has 206 valence electrons. The van der Waals surface area contributed by atoms with Gasteiger partial charge in [-0.1, -0.05) is 49.4 Å². The number of carbonyl (C=O) groups excluding carboxylic acids is 2. The number of ether oxygens (including phenoxy) is 1. The van der Waals surface area contributed by atoms with Crippen molar-refractivity contribution in [2.24, 2.45) is 5.92 Å². The van der Waals surface area contributed by atoms with Crippen LogP contribution in [0.1, 0.15) is 43.7 Å². The lowest BCUT2D eigenvalue weighted by atomic mass is 9.95. The number of carbonyl (C=O) groups is 2. The van der Waals surface area contributed by atoms with E-state index >= 15 is 0 Å². The molecular weight excluding hydrogens is 496 g/mol. The molecule has 0 spiro atoms. The van der Waals surface area contributed by atoms with E-state index in [9.17, 15) is 19.5 Å². The number of aliphatic hydroxyl groups excluding tert-OH is 1. The first-order chi connectivity index (χ1) is 18.2. The van der Waals surface area contributed by atoms with E-state index in [4.69, 9.17) is 4.74 Å². The van der Waals surface area contributed by atoms with Crippen LogP contribution in [0, 0.1) is 5.92 Å². The number of hydrogen-bond donors (Lipinski definition) is 2. The number of aliphatic hydroxyl groups is 1. The molecule has 38 heavy (non-hydrogen) atoms. The van der Waals surface area contributed by atoms with E-state index in [0.717, 1.165) is 37.1 Å². The Labute approximate surface area is 227 Å². The molecule has 2 amide bonds. The first kappa shape index (κ1) is 28.5. The number of amides is 2. The van der Waals surface area contributed by atoms with E-state index in [1.165, 1.54) is 5.56 Å². The van der Waals surface area contributed by atoms with Gasteiger partial charge in [0.25, 0.3) is 0 Å². The molecule has 0 aliphatic carbocycles. The molecule has 0 bridgehead atoms. The van der Waals surface area contributed by atoms with Gasteiger partial charge in [-0.05, 0) is 61.5 Å². The quantitative estimate of drug-likeness (QED) is 0.420. The molecule has 0 radical (unpaired) electrons. The maximum atomic E-state index is 13.4. The van der Waals surface area contributed by atoms with Crippen LogP contribution in [0.5, 0.6) is 0 Å². The molecule has 2 aliphatic heterocycles. The van der Waals surface area contributed by atoms with Gasteiger partial charge in [-0.2, -0.15) is 0 Å².